The molecule has 0 atom stereocenters. The SMILES string of the molecule is COc1c(O)c(Cl)c(O)c2c(=O)cc(-c3ccccc3)oc12. The second-order valence-electron chi connectivity index (χ2n) is 4.59. The van der Waals surface area contributed by atoms with Crippen LogP contribution in [0.15, 0.2) is 45.6 Å². The molecule has 0 amide bonds. The largest absolute Gasteiger partial charge is 0.505 e. The van der Waals surface area contributed by atoms with Gasteiger partial charge in [-0.2, -0.15) is 0 Å². The van der Waals surface area contributed by atoms with E-state index >= 15 is 0 Å². The minimum Gasteiger partial charge on any atom is -0.505 e. The summed E-state index contributed by atoms with van der Waals surface area (Å²) in [5.41, 5.74) is 0.128. The van der Waals surface area contributed by atoms with Gasteiger partial charge in [0.1, 0.15) is 16.2 Å². The second-order valence-corrected chi connectivity index (χ2v) is 4.97. The summed E-state index contributed by atoms with van der Waals surface area (Å²) in [5, 5.41) is 19.4. The van der Waals surface area contributed by atoms with Crippen LogP contribution in [0.2, 0.25) is 5.02 Å². The molecule has 22 heavy (non-hydrogen) atoms. The fourth-order valence-electron chi connectivity index (χ4n) is 2.24. The van der Waals surface area contributed by atoms with E-state index < -0.39 is 16.9 Å². The molecular weight excluding hydrogens is 308 g/mol. The molecule has 0 aliphatic carbocycles. The minimum atomic E-state index is -0.539. The van der Waals surface area contributed by atoms with Crippen LogP contribution in [-0.2, 0) is 0 Å². The first-order valence-corrected chi connectivity index (χ1v) is 6.73. The molecule has 3 aromatic rings. The van der Waals surface area contributed by atoms with Crippen LogP contribution < -0.4 is 10.2 Å². The molecule has 0 spiro atoms. The maximum absolute atomic E-state index is 12.3. The Bertz CT molecular complexity index is 915. The van der Waals surface area contributed by atoms with Gasteiger partial charge in [-0.3, -0.25) is 4.79 Å². The van der Waals surface area contributed by atoms with E-state index in [4.69, 9.17) is 20.8 Å². The van der Waals surface area contributed by atoms with Gasteiger partial charge in [0.05, 0.1) is 7.11 Å². The number of ether oxygens (including phenoxy) is 1. The Balaban J connectivity index is 2.44. The van der Waals surface area contributed by atoms with Crippen molar-refractivity contribution in [1.82, 2.24) is 0 Å². The van der Waals surface area contributed by atoms with Crippen molar-refractivity contribution < 1.29 is 19.4 Å². The van der Waals surface area contributed by atoms with Gasteiger partial charge in [0.2, 0.25) is 5.75 Å². The number of benzene rings is 2. The molecule has 0 fully saturated rings. The summed E-state index contributed by atoms with van der Waals surface area (Å²) in [6, 6.07) is 10.2. The summed E-state index contributed by atoms with van der Waals surface area (Å²) in [4.78, 5) is 12.3. The first kappa shape index (κ1) is 14.3. The Kier molecular flexibility index (Phi) is 3.42. The Labute approximate surface area is 130 Å². The number of hydrogen-bond acceptors (Lipinski definition) is 5. The molecule has 112 valence electrons. The maximum Gasteiger partial charge on any atom is 0.206 e. The fraction of sp³-hybridized carbons (Fsp3) is 0.0625. The lowest BCUT2D eigenvalue weighted by Crippen LogP contribution is -2.02. The maximum atomic E-state index is 12.3. The lowest BCUT2D eigenvalue weighted by atomic mass is 10.1. The Morgan fingerprint density at radius 2 is 1.82 bits per heavy atom. The zero-order valence-electron chi connectivity index (χ0n) is 11.5. The number of rotatable bonds is 2. The summed E-state index contributed by atoms with van der Waals surface area (Å²) >= 11 is 5.81. The molecule has 6 heteroatoms. The second kappa shape index (κ2) is 5.27. The summed E-state index contributed by atoms with van der Waals surface area (Å²) in [6.45, 7) is 0. The van der Waals surface area contributed by atoms with E-state index in [0.29, 0.717) is 5.56 Å². The highest BCUT2D eigenvalue weighted by Crippen LogP contribution is 2.46. The first-order valence-electron chi connectivity index (χ1n) is 6.35. The van der Waals surface area contributed by atoms with E-state index in [9.17, 15) is 15.0 Å². The van der Waals surface area contributed by atoms with E-state index in [0.717, 1.165) is 0 Å². The number of phenolic OH excluding ortho intramolecular Hbond substituents is 2. The number of aromatic hydroxyl groups is 2. The van der Waals surface area contributed by atoms with Gasteiger partial charge in [-0.05, 0) is 0 Å². The van der Waals surface area contributed by atoms with Crippen LogP contribution in [0, 0.1) is 0 Å². The third-order valence-corrected chi connectivity index (χ3v) is 3.64. The van der Waals surface area contributed by atoms with Crippen LogP contribution in [0.1, 0.15) is 0 Å². The molecule has 0 saturated carbocycles. The molecule has 0 bridgehead atoms. The van der Waals surface area contributed by atoms with Crippen LogP contribution in [0.4, 0.5) is 0 Å². The number of hydrogen-bond donors (Lipinski definition) is 2. The Morgan fingerprint density at radius 1 is 1.14 bits per heavy atom. The lowest BCUT2D eigenvalue weighted by Gasteiger charge is -2.11. The molecular formula is C16H11ClO5. The van der Waals surface area contributed by atoms with Gasteiger partial charge >= 0.3 is 0 Å². The third-order valence-electron chi connectivity index (χ3n) is 3.28. The standard InChI is InChI=1S/C16H11ClO5/c1-21-16-14(20)12(17)13(19)11-9(18)7-10(22-15(11)16)8-5-3-2-4-6-8/h2-7,19-20H,1H3. The van der Waals surface area contributed by atoms with E-state index in [1.54, 1.807) is 24.3 Å². The predicted octanol–water partition coefficient (Wildman–Crippen LogP) is 3.53. The van der Waals surface area contributed by atoms with Crippen molar-refractivity contribution in [3.63, 3.8) is 0 Å². The van der Waals surface area contributed by atoms with Gasteiger partial charge in [0.25, 0.3) is 0 Å². The smallest absolute Gasteiger partial charge is 0.206 e. The third kappa shape index (κ3) is 2.07. The molecule has 0 radical (unpaired) electrons. The van der Waals surface area contributed by atoms with Crippen LogP contribution >= 0.6 is 11.6 Å². The van der Waals surface area contributed by atoms with Crippen LogP contribution in [0.5, 0.6) is 17.2 Å². The quantitative estimate of drug-likeness (QED) is 0.755. The van der Waals surface area contributed by atoms with Gasteiger partial charge in [-0.15, -0.1) is 0 Å². The van der Waals surface area contributed by atoms with Crippen molar-refractivity contribution in [3.8, 4) is 28.6 Å². The first-order chi connectivity index (χ1) is 10.5. The molecule has 1 heterocycles. The highest BCUT2D eigenvalue weighted by Gasteiger charge is 2.23. The molecule has 1 aromatic heterocycles. The number of fused-ring (bicyclic) bond motifs is 1. The molecule has 2 N–H and O–H groups in total. The van der Waals surface area contributed by atoms with Crippen molar-refractivity contribution in [2.24, 2.45) is 0 Å². The van der Waals surface area contributed by atoms with Crippen molar-refractivity contribution in [2.75, 3.05) is 7.11 Å². The molecule has 2 aromatic carbocycles. The predicted molar refractivity (Wildman–Crippen MR) is 82.8 cm³/mol. The summed E-state index contributed by atoms with van der Waals surface area (Å²) < 4.78 is 10.7. The van der Waals surface area contributed by atoms with E-state index in [1.165, 1.54) is 13.2 Å². The normalized spacial score (nSPS) is 10.8. The summed E-state index contributed by atoms with van der Waals surface area (Å²) in [7, 11) is 1.30. The monoisotopic (exact) mass is 318 g/mol. The number of halogens is 1. The Hall–Kier alpha value is -2.66. The topological polar surface area (TPSA) is 79.9 Å². The van der Waals surface area contributed by atoms with Gasteiger partial charge in [-0.25, -0.2) is 0 Å². The highest BCUT2D eigenvalue weighted by molar-refractivity contribution is 6.35. The van der Waals surface area contributed by atoms with Crippen LogP contribution in [-0.4, -0.2) is 17.3 Å². The van der Waals surface area contributed by atoms with E-state index in [-0.39, 0.29) is 27.5 Å². The van der Waals surface area contributed by atoms with Crippen molar-refractivity contribution >= 4 is 22.6 Å². The zero-order valence-corrected chi connectivity index (χ0v) is 12.2. The Morgan fingerprint density at radius 3 is 2.45 bits per heavy atom. The molecule has 3 rings (SSSR count). The van der Waals surface area contributed by atoms with Crippen molar-refractivity contribution in [2.45, 2.75) is 0 Å². The van der Waals surface area contributed by atoms with Gasteiger partial charge in [0, 0.05) is 11.6 Å². The summed E-state index contributed by atoms with van der Waals surface area (Å²) in [5.74, 6) is -0.837. The van der Waals surface area contributed by atoms with Crippen molar-refractivity contribution in [3.05, 3.63) is 51.6 Å². The molecule has 0 saturated heterocycles. The molecule has 0 aliphatic rings. The van der Waals surface area contributed by atoms with Gasteiger partial charge < -0.3 is 19.4 Å². The number of phenols is 2. The van der Waals surface area contributed by atoms with Gasteiger partial charge in [-0.1, -0.05) is 41.9 Å². The number of methoxy groups -OCH3 is 1. The van der Waals surface area contributed by atoms with Crippen LogP contribution in [0.3, 0.4) is 0 Å². The zero-order chi connectivity index (χ0) is 15.9. The van der Waals surface area contributed by atoms with Crippen molar-refractivity contribution in [1.29, 1.82) is 0 Å². The van der Waals surface area contributed by atoms with Gasteiger partial charge in [0.15, 0.2) is 22.5 Å². The highest BCUT2D eigenvalue weighted by atomic mass is 35.5. The van der Waals surface area contributed by atoms with E-state index in [1.807, 2.05) is 6.07 Å². The van der Waals surface area contributed by atoms with E-state index in [2.05, 4.69) is 0 Å². The molecule has 5 nitrogen and oxygen atoms in total. The average molecular weight is 319 g/mol. The summed E-state index contributed by atoms with van der Waals surface area (Å²) in [6.07, 6.45) is 0. The average Bonchev–Trinajstić information content (AvgIpc) is 2.53. The lowest BCUT2D eigenvalue weighted by molar-refractivity contribution is 0.367. The minimum absolute atomic E-state index is 0.0618. The molecule has 0 unspecified atom stereocenters. The fourth-order valence-corrected chi connectivity index (χ4v) is 2.42. The molecule has 0 aliphatic heterocycles. The van der Waals surface area contributed by atoms with Crippen LogP contribution in [0.25, 0.3) is 22.3 Å².